The molecule has 0 radical (unpaired) electrons. The molecular formula is C26H22N2O2. The van der Waals surface area contributed by atoms with Crippen molar-refractivity contribution >= 4 is 16.9 Å². The molecule has 0 amide bonds. The molecule has 1 saturated carbocycles. The first-order valence-corrected chi connectivity index (χ1v) is 10.2. The largest absolute Gasteiger partial charge is 0.459 e. The van der Waals surface area contributed by atoms with Crippen LogP contribution in [0, 0.1) is 6.92 Å². The second-order valence-electron chi connectivity index (χ2n) is 7.90. The van der Waals surface area contributed by atoms with Crippen molar-refractivity contribution in [2.24, 2.45) is 0 Å². The fourth-order valence-electron chi connectivity index (χ4n) is 4.35. The van der Waals surface area contributed by atoms with Gasteiger partial charge in [0, 0.05) is 23.9 Å². The maximum absolute atomic E-state index is 12.5. The van der Waals surface area contributed by atoms with E-state index in [1.165, 1.54) is 0 Å². The summed E-state index contributed by atoms with van der Waals surface area (Å²) < 4.78 is 5.79. The van der Waals surface area contributed by atoms with Crippen molar-refractivity contribution in [3.63, 3.8) is 0 Å². The van der Waals surface area contributed by atoms with Gasteiger partial charge in [-0.15, -0.1) is 0 Å². The molecule has 1 aliphatic rings. The second-order valence-corrected chi connectivity index (χ2v) is 7.90. The number of esters is 1. The number of carbonyl (C=O) groups excluding carboxylic acids is 1. The average Bonchev–Trinajstić information content (AvgIpc) is 2.77. The molecule has 4 nitrogen and oxygen atoms in total. The van der Waals surface area contributed by atoms with E-state index in [1.54, 1.807) is 12.1 Å². The quantitative estimate of drug-likeness (QED) is 0.444. The van der Waals surface area contributed by atoms with E-state index in [2.05, 4.69) is 18.2 Å². The minimum atomic E-state index is -0.350. The van der Waals surface area contributed by atoms with E-state index >= 15 is 0 Å². The van der Waals surface area contributed by atoms with Gasteiger partial charge in [-0.2, -0.15) is 0 Å². The van der Waals surface area contributed by atoms with Crippen LogP contribution < -0.4 is 0 Å². The Morgan fingerprint density at radius 1 is 0.867 bits per heavy atom. The molecule has 0 aliphatic heterocycles. The number of hydrogen-bond donors (Lipinski definition) is 0. The average molecular weight is 394 g/mol. The molecule has 4 heteroatoms. The number of fused-ring (bicyclic) bond motifs is 1. The van der Waals surface area contributed by atoms with Crippen LogP contribution in [0.2, 0.25) is 0 Å². The van der Waals surface area contributed by atoms with Gasteiger partial charge < -0.3 is 4.74 Å². The zero-order valence-electron chi connectivity index (χ0n) is 16.8. The smallest absolute Gasteiger partial charge is 0.338 e. The molecular weight excluding hydrogens is 372 g/mol. The number of para-hydroxylation sites is 1. The number of carbonyl (C=O) groups is 1. The lowest BCUT2D eigenvalue weighted by molar-refractivity contribution is -0.0152. The van der Waals surface area contributed by atoms with Crippen LogP contribution >= 0.6 is 0 Å². The van der Waals surface area contributed by atoms with Crippen molar-refractivity contribution in [3.8, 4) is 0 Å². The summed E-state index contributed by atoms with van der Waals surface area (Å²) in [5.74, 6) is 0.523. The van der Waals surface area contributed by atoms with Gasteiger partial charge in [0.15, 0.2) is 0 Å². The highest BCUT2D eigenvalue weighted by molar-refractivity contribution is 5.89. The highest BCUT2D eigenvalue weighted by Gasteiger charge is 2.51. The van der Waals surface area contributed by atoms with Crippen molar-refractivity contribution in [1.29, 1.82) is 0 Å². The summed E-state index contributed by atoms with van der Waals surface area (Å²) in [5.41, 5.74) is 3.30. The number of nitrogens with zero attached hydrogens (tertiary/aromatic N) is 2. The summed E-state index contributed by atoms with van der Waals surface area (Å²) in [6.07, 6.45) is 1.19. The maximum atomic E-state index is 12.5. The zero-order valence-corrected chi connectivity index (χ0v) is 16.8. The SMILES string of the molecule is Cc1nc([C@]2(c3ccccc3)C[C@@H](OC(=O)c3ccccc3)C2)nc2ccccc12. The standard InChI is InChI=1S/C26H22N2O2/c1-18-22-14-8-9-15-23(22)28-25(27-18)26(20-12-6-3-7-13-20)16-21(17-26)30-24(29)19-10-4-2-5-11-19/h2-15,21H,16-17H2,1H3/t21-,26-. The van der Waals surface area contributed by atoms with Crippen LogP contribution in [0.5, 0.6) is 0 Å². The molecule has 30 heavy (non-hydrogen) atoms. The van der Waals surface area contributed by atoms with Gasteiger partial charge in [-0.25, -0.2) is 14.8 Å². The lowest BCUT2D eigenvalue weighted by atomic mass is 9.62. The van der Waals surface area contributed by atoms with E-state index in [4.69, 9.17) is 14.7 Å². The van der Waals surface area contributed by atoms with Gasteiger partial charge in [-0.3, -0.25) is 0 Å². The lowest BCUT2D eigenvalue weighted by Crippen LogP contribution is -2.48. The monoisotopic (exact) mass is 394 g/mol. The third kappa shape index (κ3) is 3.14. The first kappa shape index (κ1) is 18.5. The molecule has 1 fully saturated rings. The van der Waals surface area contributed by atoms with Crippen LogP contribution in [0.25, 0.3) is 10.9 Å². The Hall–Kier alpha value is -3.53. The molecule has 4 aromatic rings. The van der Waals surface area contributed by atoms with Crippen LogP contribution in [0.15, 0.2) is 84.9 Å². The Bertz CT molecular complexity index is 1200. The Labute approximate surface area is 175 Å². The third-order valence-corrected chi connectivity index (χ3v) is 5.98. The molecule has 148 valence electrons. The summed E-state index contributed by atoms with van der Waals surface area (Å²) in [6, 6.07) is 27.5. The zero-order chi connectivity index (χ0) is 20.6. The van der Waals surface area contributed by atoms with Crippen LogP contribution in [0.4, 0.5) is 0 Å². The highest BCUT2D eigenvalue weighted by atomic mass is 16.5. The first-order valence-electron chi connectivity index (χ1n) is 10.2. The summed E-state index contributed by atoms with van der Waals surface area (Å²) in [5, 5.41) is 1.07. The van der Waals surface area contributed by atoms with E-state index < -0.39 is 0 Å². The van der Waals surface area contributed by atoms with E-state index in [-0.39, 0.29) is 17.5 Å². The number of aryl methyl sites for hydroxylation is 1. The van der Waals surface area contributed by atoms with Gasteiger partial charge >= 0.3 is 5.97 Å². The minimum Gasteiger partial charge on any atom is -0.459 e. The van der Waals surface area contributed by atoms with Crippen LogP contribution in [0.3, 0.4) is 0 Å². The van der Waals surface area contributed by atoms with Gasteiger partial charge in [0.05, 0.1) is 16.5 Å². The van der Waals surface area contributed by atoms with Crippen LogP contribution in [-0.2, 0) is 10.2 Å². The molecule has 1 aliphatic carbocycles. The summed E-state index contributed by atoms with van der Waals surface area (Å²) >= 11 is 0. The predicted molar refractivity (Wildman–Crippen MR) is 116 cm³/mol. The number of ether oxygens (including phenoxy) is 1. The molecule has 0 N–H and O–H groups in total. The van der Waals surface area contributed by atoms with E-state index in [1.807, 2.05) is 61.5 Å². The summed E-state index contributed by atoms with van der Waals surface area (Å²) in [4.78, 5) is 22.3. The number of rotatable bonds is 4. The molecule has 0 unspecified atom stereocenters. The summed E-state index contributed by atoms with van der Waals surface area (Å²) in [7, 11) is 0. The Balaban J connectivity index is 1.48. The van der Waals surface area contributed by atoms with Crippen LogP contribution in [0.1, 0.15) is 40.3 Å². The predicted octanol–water partition coefficient (Wildman–Crippen LogP) is 5.24. The Morgan fingerprint density at radius 3 is 2.23 bits per heavy atom. The minimum absolute atomic E-state index is 0.159. The first-order chi connectivity index (χ1) is 14.7. The molecule has 0 bridgehead atoms. The fourth-order valence-corrected chi connectivity index (χ4v) is 4.35. The molecule has 1 aromatic heterocycles. The van der Waals surface area contributed by atoms with Crippen molar-refractivity contribution in [2.45, 2.75) is 31.3 Å². The van der Waals surface area contributed by atoms with Crippen molar-refractivity contribution in [3.05, 3.63) is 108 Å². The molecule has 0 saturated heterocycles. The number of benzene rings is 3. The topological polar surface area (TPSA) is 52.1 Å². The Kier molecular flexibility index (Phi) is 4.55. The fraction of sp³-hybridized carbons (Fsp3) is 0.192. The van der Waals surface area contributed by atoms with Gasteiger partial charge in [0.1, 0.15) is 11.9 Å². The molecule has 0 spiro atoms. The van der Waals surface area contributed by atoms with Crippen molar-refractivity contribution < 1.29 is 9.53 Å². The normalized spacial score (nSPS) is 20.5. The van der Waals surface area contributed by atoms with Crippen LogP contribution in [-0.4, -0.2) is 22.0 Å². The molecule has 5 rings (SSSR count). The molecule has 1 heterocycles. The lowest BCUT2D eigenvalue weighted by Gasteiger charge is -2.46. The number of hydrogen-bond acceptors (Lipinski definition) is 4. The van der Waals surface area contributed by atoms with E-state index in [0.29, 0.717) is 18.4 Å². The third-order valence-electron chi connectivity index (χ3n) is 5.98. The summed E-state index contributed by atoms with van der Waals surface area (Å²) in [6.45, 7) is 2.03. The van der Waals surface area contributed by atoms with Gasteiger partial charge in [0.2, 0.25) is 0 Å². The van der Waals surface area contributed by atoms with Gasteiger partial charge in [0.25, 0.3) is 0 Å². The van der Waals surface area contributed by atoms with Crippen molar-refractivity contribution in [1.82, 2.24) is 9.97 Å². The van der Waals surface area contributed by atoms with Gasteiger partial charge in [-0.1, -0.05) is 66.7 Å². The van der Waals surface area contributed by atoms with E-state index in [0.717, 1.165) is 28.0 Å². The molecule has 3 aromatic carbocycles. The Morgan fingerprint density at radius 2 is 1.50 bits per heavy atom. The highest BCUT2D eigenvalue weighted by Crippen LogP contribution is 2.49. The van der Waals surface area contributed by atoms with E-state index in [9.17, 15) is 4.79 Å². The molecule has 0 atom stereocenters. The maximum Gasteiger partial charge on any atom is 0.338 e. The second kappa shape index (κ2) is 7.38. The number of aromatic nitrogens is 2. The van der Waals surface area contributed by atoms with Gasteiger partial charge in [-0.05, 0) is 30.7 Å². The van der Waals surface area contributed by atoms with Crippen molar-refractivity contribution in [2.75, 3.05) is 0 Å².